The molecule has 0 aliphatic rings. The van der Waals surface area contributed by atoms with Crippen LogP contribution in [0.25, 0.3) is 0 Å². The summed E-state index contributed by atoms with van der Waals surface area (Å²) in [5.41, 5.74) is 1.46. The summed E-state index contributed by atoms with van der Waals surface area (Å²) in [7, 11) is 0. The molecule has 1 N–H and O–H groups in total. The molecular formula is C13H21NS. The maximum atomic E-state index is 3.40. The maximum absolute atomic E-state index is 3.40. The molecule has 1 nitrogen and oxygen atoms in total. The summed E-state index contributed by atoms with van der Waals surface area (Å²) in [6.07, 6.45) is 8.05. The molecule has 0 aromatic carbocycles. The van der Waals surface area contributed by atoms with Crippen LogP contribution in [0.2, 0.25) is 0 Å². The first kappa shape index (κ1) is 12.5. The second-order valence-corrected chi connectivity index (χ2v) is 4.82. The lowest BCUT2D eigenvalue weighted by Crippen LogP contribution is -2.23. The molecule has 1 aromatic heterocycles. The van der Waals surface area contributed by atoms with Gasteiger partial charge in [0.1, 0.15) is 0 Å². The molecule has 0 aliphatic heterocycles. The van der Waals surface area contributed by atoms with Gasteiger partial charge in [-0.25, -0.2) is 0 Å². The molecule has 0 saturated heterocycles. The van der Waals surface area contributed by atoms with Crippen LogP contribution in [-0.4, -0.2) is 12.6 Å². The monoisotopic (exact) mass is 223 g/mol. The van der Waals surface area contributed by atoms with Crippen LogP contribution in [0.4, 0.5) is 0 Å². The van der Waals surface area contributed by atoms with E-state index in [0.717, 1.165) is 13.0 Å². The van der Waals surface area contributed by atoms with E-state index in [1.165, 1.54) is 18.4 Å². The van der Waals surface area contributed by atoms with Crippen molar-refractivity contribution in [3.63, 3.8) is 0 Å². The highest BCUT2D eigenvalue weighted by atomic mass is 32.1. The molecule has 1 rings (SSSR count). The van der Waals surface area contributed by atoms with Gasteiger partial charge in [-0.1, -0.05) is 26.0 Å². The Labute approximate surface area is 97.2 Å². The standard InChI is InChI=1S/C13H21NS/c1-12(2)14-9-6-4-3-5-7-13-8-10-15-11-13/h3-4,8,10-12,14H,5-7,9H2,1-2H3. The Balaban J connectivity index is 1.98. The fraction of sp³-hybridized carbons (Fsp3) is 0.538. The number of hydrogen-bond donors (Lipinski definition) is 1. The molecule has 0 saturated carbocycles. The minimum Gasteiger partial charge on any atom is -0.314 e. The normalized spacial score (nSPS) is 11.7. The highest BCUT2D eigenvalue weighted by Gasteiger charge is 1.90. The summed E-state index contributed by atoms with van der Waals surface area (Å²) in [6.45, 7) is 5.45. The zero-order chi connectivity index (χ0) is 10.9. The molecule has 0 bridgehead atoms. The fourth-order valence-corrected chi connectivity index (χ4v) is 2.08. The van der Waals surface area contributed by atoms with E-state index in [1.54, 1.807) is 11.3 Å². The molecule has 0 unspecified atom stereocenters. The largest absolute Gasteiger partial charge is 0.314 e. The quantitative estimate of drug-likeness (QED) is 0.550. The maximum Gasteiger partial charge on any atom is 0.00105 e. The molecule has 15 heavy (non-hydrogen) atoms. The predicted molar refractivity (Wildman–Crippen MR) is 69.5 cm³/mol. The number of thiophene rings is 1. The van der Waals surface area contributed by atoms with Crippen molar-refractivity contribution in [3.05, 3.63) is 34.5 Å². The number of allylic oxidation sites excluding steroid dienone is 1. The first-order valence-corrected chi connectivity index (χ1v) is 6.63. The van der Waals surface area contributed by atoms with Gasteiger partial charge >= 0.3 is 0 Å². The highest BCUT2D eigenvalue weighted by molar-refractivity contribution is 7.07. The lowest BCUT2D eigenvalue weighted by atomic mass is 10.2. The molecule has 0 atom stereocenters. The van der Waals surface area contributed by atoms with E-state index >= 15 is 0 Å². The molecule has 0 fully saturated rings. The number of hydrogen-bond acceptors (Lipinski definition) is 2. The Bertz CT molecular complexity index is 262. The molecule has 0 aliphatic carbocycles. The van der Waals surface area contributed by atoms with Gasteiger partial charge in [0.15, 0.2) is 0 Å². The van der Waals surface area contributed by atoms with Crippen molar-refractivity contribution in [1.82, 2.24) is 5.32 Å². The zero-order valence-corrected chi connectivity index (χ0v) is 10.5. The molecule has 84 valence electrons. The van der Waals surface area contributed by atoms with Crippen LogP contribution in [0.3, 0.4) is 0 Å². The molecule has 0 amide bonds. The van der Waals surface area contributed by atoms with Crippen molar-refractivity contribution in [2.24, 2.45) is 0 Å². The van der Waals surface area contributed by atoms with Crippen molar-refractivity contribution in [2.45, 2.75) is 39.2 Å². The van der Waals surface area contributed by atoms with Crippen LogP contribution < -0.4 is 5.32 Å². The van der Waals surface area contributed by atoms with Gasteiger partial charge in [-0.15, -0.1) is 0 Å². The Hall–Kier alpha value is -0.600. The summed E-state index contributed by atoms with van der Waals surface area (Å²) in [5, 5.41) is 7.78. The van der Waals surface area contributed by atoms with Gasteiger partial charge in [-0.2, -0.15) is 11.3 Å². The summed E-state index contributed by atoms with van der Waals surface area (Å²) in [4.78, 5) is 0. The van der Waals surface area contributed by atoms with Gasteiger partial charge in [0, 0.05) is 6.04 Å². The Morgan fingerprint density at radius 1 is 1.33 bits per heavy atom. The third kappa shape index (κ3) is 6.47. The van der Waals surface area contributed by atoms with Gasteiger partial charge in [0.25, 0.3) is 0 Å². The molecule has 0 spiro atoms. The summed E-state index contributed by atoms with van der Waals surface area (Å²) >= 11 is 1.78. The van der Waals surface area contributed by atoms with Crippen molar-refractivity contribution < 1.29 is 0 Å². The van der Waals surface area contributed by atoms with Crippen molar-refractivity contribution in [2.75, 3.05) is 6.54 Å². The van der Waals surface area contributed by atoms with E-state index in [1.807, 2.05) is 0 Å². The van der Waals surface area contributed by atoms with Crippen LogP contribution in [0.15, 0.2) is 29.0 Å². The van der Waals surface area contributed by atoms with Crippen molar-refractivity contribution >= 4 is 11.3 Å². The molecule has 2 heteroatoms. The van der Waals surface area contributed by atoms with Gasteiger partial charge in [-0.05, 0) is 48.2 Å². The first-order chi connectivity index (χ1) is 7.29. The van der Waals surface area contributed by atoms with E-state index in [2.05, 4.69) is 48.1 Å². The van der Waals surface area contributed by atoms with Crippen LogP contribution in [0, 0.1) is 0 Å². The molecular weight excluding hydrogens is 202 g/mol. The average molecular weight is 223 g/mol. The number of rotatable bonds is 7. The zero-order valence-electron chi connectivity index (χ0n) is 9.70. The van der Waals surface area contributed by atoms with Gasteiger partial charge in [-0.3, -0.25) is 0 Å². The smallest absolute Gasteiger partial charge is 0.00105 e. The highest BCUT2D eigenvalue weighted by Crippen LogP contribution is 2.08. The summed E-state index contributed by atoms with van der Waals surface area (Å²) in [6, 6.07) is 2.81. The lowest BCUT2D eigenvalue weighted by molar-refractivity contribution is 0.594. The van der Waals surface area contributed by atoms with E-state index in [0.29, 0.717) is 6.04 Å². The minimum absolute atomic E-state index is 0.601. The minimum atomic E-state index is 0.601. The second-order valence-electron chi connectivity index (χ2n) is 4.04. The molecule has 1 heterocycles. The Morgan fingerprint density at radius 3 is 2.80 bits per heavy atom. The summed E-state index contributed by atoms with van der Waals surface area (Å²) < 4.78 is 0. The van der Waals surface area contributed by atoms with Gasteiger partial charge in [0.05, 0.1) is 0 Å². The van der Waals surface area contributed by atoms with E-state index in [-0.39, 0.29) is 0 Å². The average Bonchev–Trinajstić information content (AvgIpc) is 2.68. The van der Waals surface area contributed by atoms with Gasteiger partial charge < -0.3 is 5.32 Å². The molecule has 0 radical (unpaired) electrons. The summed E-state index contributed by atoms with van der Waals surface area (Å²) in [5.74, 6) is 0. The second kappa shape index (κ2) is 7.66. The van der Waals surface area contributed by atoms with Crippen LogP contribution in [0.5, 0.6) is 0 Å². The third-order valence-corrected chi connectivity index (χ3v) is 2.94. The number of aryl methyl sites for hydroxylation is 1. The Kier molecular flexibility index (Phi) is 6.37. The molecule has 1 aromatic rings. The fourth-order valence-electron chi connectivity index (χ4n) is 1.38. The van der Waals surface area contributed by atoms with Crippen molar-refractivity contribution in [1.29, 1.82) is 0 Å². The van der Waals surface area contributed by atoms with E-state index in [4.69, 9.17) is 0 Å². The van der Waals surface area contributed by atoms with Gasteiger partial charge in [0.2, 0.25) is 0 Å². The van der Waals surface area contributed by atoms with Crippen LogP contribution in [-0.2, 0) is 6.42 Å². The lowest BCUT2D eigenvalue weighted by Gasteiger charge is -2.04. The third-order valence-electron chi connectivity index (χ3n) is 2.21. The Morgan fingerprint density at radius 2 is 2.13 bits per heavy atom. The first-order valence-electron chi connectivity index (χ1n) is 5.68. The number of nitrogens with one attached hydrogen (secondary N) is 1. The van der Waals surface area contributed by atoms with Crippen LogP contribution in [0.1, 0.15) is 32.3 Å². The predicted octanol–water partition coefficient (Wildman–Crippen LogP) is 3.63. The van der Waals surface area contributed by atoms with Crippen LogP contribution >= 0.6 is 11.3 Å². The van der Waals surface area contributed by atoms with Crippen molar-refractivity contribution in [3.8, 4) is 0 Å². The van der Waals surface area contributed by atoms with E-state index < -0.39 is 0 Å². The van der Waals surface area contributed by atoms with E-state index in [9.17, 15) is 0 Å². The SMILES string of the molecule is CC(C)NCCC=CCCc1ccsc1. The topological polar surface area (TPSA) is 12.0 Å².